The van der Waals surface area contributed by atoms with Crippen LogP contribution in [-0.4, -0.2) is 49.9 Å². The molecule has 1 N–H and O–H groups in total. The summed E-state index contributed by atoms with van der Waals surface area (Å²) in [6.07, 6.45) is 2.30. The summed E-state index contributed by atoms with van der Waals surface area (Å²) in [5.41, 5.74) is 1.29. The second-order valence-electron chi connectivity index (χ2n) is 5.51. The summed E-state index contributed by atoms with van der Waals surface area (Å²) in [6.45, 7) is 3.78. The van der Waals surface area contributed by atoms with E-state index in [1.807, 2.05) is 12.1 Å². The maximum atomic E-state index is 11.1. The van der Waals surface area contributed by atoms with E-state index in [0.717, 1.165) is 44.6 Å². The lowest BCUT2D eigenvalue weighted by Crippen LogP contribution is -2.34. The van der Waals surface area contributed by atoms with Crippen molar-refractivity contribution in [2.75, 3.05) is 33.9 Å². The quantitative estimate of drug-likeness (QED) is 0.871. The lowest BCUT2D eigenvalue weighted by molar-refractivity contribution is 0.0693. The average Bonchev–Trinajstić information content (AvgIpc) is 2.49. The first-order valence-corrected chi connectivity index (χ1v) is 7.25. The molecule has 1 fully saturated rings. The molecule has 1 aliphatic heterocycles. The fraction of sp³-hybridized carbons (Fsp3) is 0.562. The van der Waals surface area contributed by atoms with Gasteiger partial charge in [-0.05, 0) is 49.5 Å². The number of aromatic carboxylic acids is 1. The van der Waals surface area contributed by atoms with Gasteiger partial charge in [0.1, 0.15) is 11.3 Å². The van der Waals surface area contributed by atoms with Gasteiger partial charge >= 0.3 is 5.97 Å². The fourth-order valence-corrected chi connectivity index (χ4v) is 2.82. The van der Waals surface area contributed by atoms with Crippen LogP contribution in [0.5, 0.6) is 5.75 Å². The first kappa shape index (κ1) is 15.8. The van der Waals surface area contributed by atoms with E-state index in [9.17, 15) is 4.79 Å². The van der Waals surface area contributed by atoms with E-state index in [1.165, 1.54) is 7.11 Å². The van der Waals surface area contributed by atoms with Gasteiger partial charge in [0.05, 0.1) is 7.11 Å². The van der Waals surface area contributed by atoms with Gasteiger partial charge in [-0.25, -0.2) is 4.79 Å². The van der Waals surface area contributed by atoms with Gasteiger partial charge in [0, 0.05) is 20.3 Å². The number of hydrogen-bond donors (Lipinski definition) is 1. The lowest BCUT2D eigenvalue weighted by atomic mass is 9.97. The third-order valence-corrected chi connectivity index (χ3v) is 4.01. The Morgan fingerprint density at radius 3 is 2.62 bits per heavy atom. The molecule has 0 bridgehead atoms. The Hall–Kier alpha value is -1.59. The van der Waals surface area contributed by atoms with Crippen molar-refractivity contribution in [3.63, 3.8) is 0 Å². The lowest BCUT2D eigenvalue weighted by Gasteiger charge is -2.31. The molecule has 0 atom stereocenters. The second kappa shape index (κ2) is 7.43. The smallest absolute Gasteiger partial charge is 0.339 e. The van der Waals surface area contributed by atoms with Crippen LogP contribution in [0.25, 0.3) is 0 Å². The zero-order valence-corrected chi connectivity index (χ0v) is 12.7. The second-order valence-corrected chi connectivity index (χ2v) is 5.51. The Balaban J connectivity index is 1.96. The minimum Gasteiger partial charge on any atom is -0.496 e. The van der Waals surface area contributed by atoms with E-state index >= 15 is 0 Å². The van der Waals surface area contributed by atoms with Crippen molar-refractivity contribution < 1.29 is 19.4 Å². The number of hydrogen-bond acceptors (Lipinski definition) is 4. The van der Waals surface area contributed by atoms with Crippen molar-refractivity contribution >= 4 is 5.97 Å². The summed E-state index contributed by atoms with van der Waals surface area (Å²) in [6, 6.07) is 5.31. The summed E-state index contributed by atoms with van der Waals surface area (Å²) in [5, 5.41) is 9.09. The number of ether oxygens (including phenoxy) is 2. The molecule has 0 unspecified atom stereocenters. The third-order valence-electron chi connectivity index (χ3n) is 4.01. The molecule has 1 aromatic carbocycles. The van der Waals surface area contributed by atoms with Gasteiger partial charge < -0.3 is 14.6 Å². The summed E-state index contributed by atoms with van der Waals surface area (Å²) >= 11 is 0. The molecule has 1 saturated heterocycles. The van der Waals surface area contributed by atoms with Crippen molar-refractivity contribution in [3.8, 4) is 5.75 Å². The molecule has 5 heteroatoms. The number of nitrogens with zero attached hydrogens (tertiary/aromatic N) is 1. The van der Waals surface area contributed by atoms with Crippen LogP contribution in [0.1, 0.15) is 28.8 Å². The molecule has 0 aromatic heterocycles. The number of rotatable bonds is 6. The molecule has 0 aliphatic carbocycles. The van der Waals surface area contributed by atoms with E-state index in [0.29, 0.717) is 11.7 Å². The van der Waals surface area contributed by atoms with E-state index in [-0.39, 0.29) is 5.56 Å². The van der Waals surface area contributed by atoms with Crippen molar-refractivity contribution in [2.24, 2.45) is 5.92 Å². The van der Waals surface area contributed by atoms with Crippen LogP contribution in [0.2, 0.25) is 0 Å². The summed E-state index contributed by atoms with van der Waals surface area (Å²) < 4.78 is 10.4. The summed E-state index contributed by atoms with van der Waals surface area (Å²) in [7, 11) is 3.25. The van der Waals surface area contributed by atoms with E-state index in [2.05, 4.69) is 4.90 Å². The first-order chi connectivity index (χ1) is 10.1. The predicted octanol–water partition coefficient (Wildman–Crippen LogP) is 2.25. The highest BCUT2D eigenvalue weighted by Crippen LogP contribution is 2.23. The SMILES string of the molecule is COCC1CCN(Cc2ccc(C(=O)O)c(OC)c2)CC1. The Morgan fingerprint density at radius 1 is 1.33 bits per heavy atom. The molecule has 1 aromatic rings. The maximum absolute atomic E-state index is 11.1. The first-order valence-electron chi connectivity index (χ1n) is 7.25. The Bertz CT molecular complexity index is 481. The highest BCUT2D eigenvalue weighted by atomic mass is 16.5. The summed E-state index contributed by atoms with van der Waals surface area (Å²) in [5.74, 6) is 0.128. The minimum absolute atomic E-state index is 0.208. The molecule has 5 nitrogen and oxygen atoms in total. The number of carboxylic acids is 1. The van der Waals surface area contributed by atoms with Gasteiger partial charge in [0.2, 0.25) is 0 Å². The molecule has 1 heterocycles. The van der Waals surface area contributed by atoms with Gasteiger partial charge in [-0.1, -0.05) is 6.07 Å². The Kier molecular flexibility index (Phi) is 5.59. The van der Waals surface area contributed by atoms with E-state index in [1.54, 1.807) is 13.2 Å². The van der Waals surface area contributed by atoms with Crippen LogP contribution in [0.3, 0.4) is 0 Å². The van der Waals surface area contributed by atoms with Gasteiger partial charge in [0.25, 0.3) is 0 Å². The van der Waals surface area contributed by atoms with Crippen LogP contribution < -0.4 is 4.74 Å². The zero-order valence-electron chi connectivity index (χ0n) is 12.7. The highest BCUT2D eigenvalue weighted by Gasteiger charge is 2.19. The van der Waals surface area contributed by atoms with Crippen LogP contribution in [0, 0.1) is 5.92 Å². The average molecular weight is 293 g/mol. The summed E-state index contributed by atoms with van der Waals surface area (Å²) in [4.78, 5) is 13.5. The minimum atomic E-state index is -0.959. The van der Waals surface area contributed by atoms with E-state index in [4.69, 9.17) is 14.6 Å². The molecule has 0 spiro atoms. The van der Waals surface area contributed by atoms with Gasteiger partial charge in [-0.2, -0.15) is 0 Å². The van der Waals surface area contributed by atoms with Crippen LogP contribution >= 0.6 is 0 Å². The van der Waals surface area contributed by atoms with Gasteiger partial charge in [0.15, 0.2) is 0 Å². The van der Waals surface area contributed by atoms with E-state index < -0.39 is 5.97 Å². The van der Waals surface area contributed by atoms with Crippen molar-refractivity contribution in [2.45, 2.75) is 19.4 Å². The predicted molar refractivity (Wildman–Crippen MR) is 79.8 cm³/mol. The van der Waals surface area contributed by atoms with Crippen molar-refractivity contribution in [1.29, 1.82) is 0 Å². The highest BCUT2D eigenvalue weighted by molar-refractivity contribution is 5.90. The largest absolute Gasteiger partial charge is 0.496 e. The topological polar surface area (TPSA) is 59.0 Å². The van der Waals surface area contributed by atoms with Crippen molar-refractivity contribution in [1.82, 2.24) is 4.90 Å². The molecule has 116 valence electrons. The van der Waals surface area contributed by atoms with Crippen LogP contribution in [0.15, 0.2) is 18.2 Å². The van der Waals surface area contributed by atoms with Gasteiger partial charge in [-0.15, -0.1) is 0 Å². The molecule has 2 rings (SSSR count). The molecule has 0 amide bonds. The Morgan fingerprint density at radius 2 is 2.05 bits per heavy atom. The normalized spacial score (nSPS) is 16.9. The Labute approximate surface area is 125 Å². The molecule has 21 heavy (non-hydrogen) atoms. The number of carbonyl (C=O) groups is 1. The van der Waals surface area contributed by atoms with Crippen molar-refractivity contribution in [3.05, 3.63) is 29.3 Å². The standard InChI is InChI=1S/C16H23NO4/c1-20-11-12-5-7-17(8-6-12)10-13-3-4-14(16(18)19)15(9-13)21-2/h3-4,9,12H,5-8,10-11H2,1-2H3,(H,18,19). The number of methoxy groups -OCH3 is 2. The van der Waals surface area contributed by atoms with Crippen LogP contribution in [-0.2, 0) is 11.3 Å². The molecular weight excluding hydrogens is 270 g/mol. The number of carboxylic acid groups (broad SMARTS) is 1. The third kappa shape index (κ3) is 4.19. The van der Waals surface area contributed by atoms with Crippen LogP contribution in [0.4, 0.5) is 0 Å². The monoisotopic (exact) mass is 293 g/mol. The fourth-order valence-electron chi connectivity index (χ4n) is 2.82. The van der Waals surface area contributed by atoms with Gasteiger partial charge in [-0.3, -0.25) is 4.90 Å². The molecule has 0 radical (unpaired) electrons. The molecular formula is C16H23NO4. The molecule has 1 aliphatic rings. The molecule has 0 saturated carbocycles. The number of benzene rings is 1. The zero-order chi connectivity index (χ0) is 15.2. The number of piperidine rings is 1. The maximum Gasteiger partial charge on any atom is 0.339 e. The number of likely N-dealkylation sites (tertiary alicyclic amines) is 1.